The molecule has 1 aromatic heterocycles. The zero-order chi connectivity index (χ0) is 10.7. The number of carbonyl (C=O) groups is 1. The SMILES string of the molecule is CNC(=O)c1cc(Cl)c(C(C)C)cn1. The first-order chi connectivity index (χ1) is 6.56. The van der Waals surface area contributed by atoms with Crippen LogP contribution in [0.15, 0.2) is 12.3 Å². The van der Waals surface area contributed by atoms with Crippen molar-refractivity contribution in [3.8, 4) is 0 Å². The first-order valence-corrected chi connectivity index (χ1v) is 4.81. The van der Waals surface area contributed by atoms with Gasteiger partial charge < -0.3 is 5.32 Å². The molecule has 0 fully saturated rings. The molecule has 0 aliphatic rings. The van der Waals surface area contributed by atoms with E-state index in [2.05, 4.69) is 10.3 Å². The van der Waals surface area contributed by atoms with E-state index in [4.69, 9.17) is 11.6 Å². The van der Waals surface area contributed by atoms with Gasteiger partial charge in [0.25, 0.3) is 5.91 Å². The highest BCUT2D eigenvalue weighted by Crippen LogP contribution is 2.23. The maximum atomic E-state index is 11.2. The van der Waals surface area contributed by atoms with Crippen LogP contribution in [-0.2, 0) is 0 Å². The third kappa shape index (κ3) is 2.23. The molecule has 0 aromatic carbocycles. The van der Waals surface area contributed by atoms with Gasteiger partial charge >= 0.3 is 0 Å². The number of nitrogens with zero attached hydrogens (tertiary/aromatic N) is 1. The van der Waals surface area contributed by atoms with E-state index in [9.17, 15) is 4.79 Å². The molecular weight excluding hydrogens is 200 g/mol. The second-order valence-corrected chi connectivity index (χ2v) is 3.73. The lowest BCUT2D eigenvalue weighted by Crippen LogP contribution is -2.19. The Hall–Kier alpha value is -1.09. The predicted molar refractivity (Wildman–Crippen MR) is 56.7 cm³/mol. The summed E-state index contributed by atoms with van der Waals surface area (Å²) in [7, 11) is 1.56. The minimum absolute atomic E-state index is 0.220. The Labute approximate surface area is 88.5 Å². The molecule has 0 atom stereocenters. The number of pyridine rings is 1. The van der Waals surface area contributed by atoms with Crippen LogP contribution in [0.3, 0.4) is 0 Å². The second kappa shape index (κ2) is 4.42. The summed E-state index contributed by atoms with van der Waals surface area (Å²) in [5.74, 6) is 0.0935. The molecule has 1 aromatic rings. The quantitative estimate of drug-likeness (QED) is 0.817. The topological polar surface area (TPSA) is 42.0 Å². The van der Waals surface area contributed by atoms with Gasteiger partial charge in [-0.3, -0.25) is 9.78 Å². The average molecular weight is 213 g/mol. The Morgan fingerprint density at radius 2 is 2.21 bits per heavy atom. The fourth-order valence-electron chi connectivity index (χ4n) is 1.12. The van der Waals surface area contributed by atoms with E-state index in [0.29, 0.717) is 16.6 Å². The van der Waals surface area contributed by atoms with Crippen LogP contribution in [0.25, 0.3) is 0 Å². The molecule has 1 heterocycles. The standard InChI is InChI=1S/C10H13ClN2O/c1-6(2)7-5-13-9(4-8(7)11)10(14)12-3/h4-6H,1-3H3,(H,12,14). The number of amides is 1. The molecule has 0 bridgehead atoms. The number of halogens is 1. The molecule has 0 aliphatic heterocycles. The van der Waals surface area contributed by atoms with Gasteiger partial charge in [0.1, 0.15) is 5.69 Å². The molecule has 3 nitrogen and oxygen atoms in total. The van der Waals surface area contributed by atoms with Crippen LogP contribution in [0.1, 0.15) is 35.8 Å². The molecule has 0 saturated heterocycles. The van der Waals surface area contributed by atoms with E-state index in [0.717, 1.165) is 5.56 Å². The van der Waals surface area contributed by atoms with Gasteiger partial charge in [-0.15, -0.1) is 0 Å². The highest BCUT2D eigenvalue weighted by Gasteiger charge is 2.10. The number of hydrogen-bond acceptors (Lipinski definition) is 2. The van der Waals surface area contributed by atoms with Crippen LogP contribution in [0, 0.1) is 0 Å². The van der Waals surface area contributed by atoms with Gasteiger partial charge in [0, 0.05) is 18.3 Å². The Morgan fingerprint density at radius 1 is 1.57 bits per heavy atom. The molecule has 1 amide bonds. The van der Waals surface area contributed by atoms with Crippen LogP contribution in [0.2, 0.25) is 5.02 Å². The number of rotatable bonds is 2. The molecule has 0 unspecified atom stereocenters. The van der Waals surface area contributed by atoms with Crippen molar-refractivity contribution >= 4 is 17.5 Å². The minimum Gasteiger partial charge on any atom is -0.354 e. The number of carbonyl (C=O) groups excluding carboxylic acids is 1. The molecule has 4 heteroatoms. The Kier molecular flexibility index (Phi) is 3.47. The maximum Gasteiger partial charge on any atom is 0.269 e. The van der Waals surface area contributed by atoms with Crippen molar-refractivity contribution in [2.45, 2.75) is 19.8 Å². The normalized spacial score (nSPS) is 10.4. The second-order valence-electron chi connectivity index (χ2n) is 3.32. The van der Waals surface area contributed by atoms with Crippen LogP contribution in [-0.4, -0.2) is 17.9 Å². The predicted octanol–water partition coefficient (Wildman–Crippen LogP) is 2.22. The molecule has 0 radical (unpaired) electrons. The number of hydrogen-bond donors (Lipinski definition) is 1. The van der Waals surface area contributed by atoms with Crippen molar-refractivity contribution < 1.29 is 4.79 Å². The average Bonchev–Trinajstić information content (AvgIpc) is 2.15. The number of aromatic nitrogens is 1. The van der Waals surface area contributed by atoms with Crippen LogP contribution < -0.4 is 5.32 Å². The lowest BCUT2D eigenvalue weighted by Gasteiger charge is -2.08. The summed E-state index contributed by atoms with van der Waals surface area (Å²) in [5, 5.41) is 3.09. The smallest absolute Gasteiger partial charge is 0.269 e. The highest BCUT2D eigenvalue weighted by atomic mass is 35.5. The zero-order valence-electron chi connectivity index (χ0n) is 8.47. The molecular formula is C10H13ClN2O. The van der Waals surface area contributed by atoms with Gasteiger partial charge in [0.2, 0.25) is 0 Å². The van der Waals surface area contributed by atoms with Gasteiger partial charge in [-0.05, 0) is 17.5 Å². The Morgan fingerprint density at radius 3 is 2.64 bits per heavy atom. The molecule has 1 rings (SSSR count). The van der Waals surface area contributed by atoms with Gasteiger partial charge in [0.15, 0.2) is 0 Å². The van der Waals surface area contributed by atoms with E-state index < -0.39 is 0 Å². The Balaban J connectivity index is 3.06. The number of nitrogens with one attached hydrogen (secondary N) is 1. The third-order valence-corrected chi connectivity index (χ3v) is 2.29. The van der Waals surface area contributed by atoms with E-state index in [1.807, 2.05) is 13.8 Å². The summed E-state index contributed by atoms with van der Waals surface area (Å²) < 4.78 is 0. The fraction of sp³-hybridized carbons (Fsp3) is 0.400. The molecule has 0 saturated carbocycles. The maximum absolute atomic E-state index is 11.2. The highest BCUT2D eigenvalue weighted by molar-refractivity contribution is 6.31. The van der Waals surface area contributed by atoms with Gasteiger partial charge in [-0.2, -0.15) is 0 Å². The third-order valence-electron chi connectivity index (χ3n) is 1.96. The van der Waals surface area contributed by atoms with Gasteiger partial charge in [-0.25, -0.2) is 0 Å². The minimum atomic E-state index is -0.220. The fourth-order valence-corrected chi connectivity index (χ4v) is 1.49. The summed E-state index contributed by atoms with van der Waals surface area (Å²) in [6.07, 6.45) is 1.65. The monoisotopic (exact) mass is 212 g/mol. The van der Waals surface area contributed by atoms with E-state index in [1.165, 1.54) is 0 Å². The first-order valence-electron chi connectivity index (χ1n) is 4.43. The van der Waals surface area contributed by atoms with Crippen molar-refractivity contribution in [2.24, 2.45) is 0 Å². The summed E-state index contributed by atoms with van der Waals surface area (Å²) in [4.78, 5) is 15.2. The molecule has 1 N–H and O–H groups in total. The lowest BCUT2D eigenvalue weighted by molar-refractivity contribution is 0.0958. The van der Waals surface area contributed by atoms with Crippen molar-refractivity contribution in [3.05, 3.63) is 28.5 Å². The van der Waals surface area contributed by atoms with Crippen molar-refractivity contribution in [2.75, 3.05) is 7.05 Å². The van der Waals surface area contributed by atoms with E-state index in [1.54, 1.807) is 19.3 Å². The summed E-state index contributed by atoms with van der Waals surface area (Å²) in [5.41, 5.74) is 1.31. The van der Waals surface area contributed by atoms with Crippen LogP contribution in [0.4, 0.5) is 0 Å². The molecule has 14 heavy (non-hydrogen) atoms. The van der Waals surface area contributed by atoms with Crippen LogP contribution >= 0.6 is 11.6 Å². The van der Waals surface area contributed by atoms with E-state index >= 15 is 0 Å². The molecule has 0 aliphatic carbocycles. The van der Waals surface area contributed by atoms with Crippen molar-refractivity contribution in [1.82, 2.24) is 10.3 Å². The van der Waals surface area contributed by atoms with E-state index in [-0.39, 0.29) is 5.91 Å². The lowest BCUT2D eigenvalue weighted by atomic mass is 10.1. The summed E-state index contributed by atoms with van der Waals surface area (Å²) in [6, 6.07) is 1.59. The van der Waals surface area contributed by atoms with Gasteiger partial charge in [0.05, 0.1) is 0 Å². The molecule has 0 spiro atoms. The summed E-state index contributed by atoms with van der Waals surface area (Å²) >= 11 is 6.01. The zero-order valence-corrected chi connectivity index (χ0v) is 9.22. The van der Waals surface area contributed by atoms with Crippen molar-refractivity contribution in [1.29, 1.82) is 0 Å². The molecule has 76 valence electrons. The summed E-state index contributed by atoms with van der Waals surface area (Å²) in [6.45, 7) is 4.06. The van der Waals surface area contributed by atoms with Crippen LogP contribution in [0.5, 0.6) is 0 Å². The first kappa shape index (κ1) is 11.0. The van der Waals surface area contributed by atoms with Gasteiger partial charge in [-0.1, -0.05) is 25.4 Å². The Bertz CT molecular complexity index is 350. The van der Waals surface area contributed by atoms with Crippen molar-refractivity contribution in [3.63, 3.8) is 0 Å². The largest absolute Gasteiger partial charge is 0.354 e.